The Hall–Kier alpha value is -0.850. The fraction of sp³-hybridized carbons (Fsp3) is 0.545. The van der Waals surface area contributed by atoms with E-state index in [-0.39, 0.29) is 0 Å². The zero-order valence-corrected chi connectivity index (χ0v) is 7.83. The van der Waals surface area contributed by atoms with Crippen molar-refractivity contribution in [3.63, 3.8) is 0 Å². The number of carbonyl (C=O) groups is 1. The van der Waals surface area contributed by atoms with Crippen molar-refractivity contribution in [3.05, 3.63) is 24.3 Å². The van der Waals surface area contributed by atoms with E-state index in [1.807, 2.05) is 6.08 Å². The van der Waals surface area contributed by atoms with Crippen molar-refractivity contribution < 1.29 is 4.79 Å². The maximum Gasteiger partial charge on any atom is 0.142 e. The molecule has 0 aromatic rings. The molecule has 12 heavy (non-hydrogen) atoms. The van der Waals surface area contributed by atoms with Gasteiger partial charge in [0.1, 0.15) is 6.29 Å². The SMILES string of the molecule is CCCCC/C=C\C/C=C\C=O. The standard InChI is InChI=1S/C11H18O/c1-2-3-4-5-6-7-8-9-10-11-12/h6-7,9-11H,2-5,8H2,1H3/b7-6-,10-9-. The molecule has 1 nitrogen and oxygen atoms in total. The first-order chi connectivity index (χ1) is 5.91. The number of rotatable bonds is 7. The Kier molecular flexibility index (Phi) is 9.43. The number of aldehydes is 1. The summed E-state index contributed by atoms with van der Waals surface area (Å²) >= 11 is 0. The van der Waals surface area contributed by atoms with Gasteiger partial charge in [0.2, 0.25) is 0 Å². The Morgan fingerprint density at radius 3 is 2.58 bits per heavy atom. The largest absolute Gasteiger partial charge is 0.299 e. The zero-order chi connectivity index (χ0) is 9.07. The van der Waals surface area contributed by atoms with Crippen LogP contribution in [0.2, 0.25) is 0 Å². The van der Waals surface area contributed by atoms with Gasteiger partial charge in [0, 0.05) is 0 Å². The van der Waals surface area contributed by atoms with Gasteiger partial charge in [-0.2, -0.15) is 0 Å². The molecule has 68 valence electrons. The molecule has 1 heteroatoms. The van der Waals surface area contributed by atoms with Crippen molar-refractivity contribution in [1.29, 1.82) is 0 Å². The summed E-state index contributed by atoms with van der Waals surface area (Å²) in [6, 6.07) is 0. The van der Waals surface area contributed by atoms with Gasteiger partial charge in [-0.25, -0.2) is 0 Å². The summed E-state index contributed by atoms with van der Waals surface area (Å²) in [6.45, 7) is 2.20. The van der Waals surface area contributed by atoms with Crippen LogP contribution in [0, 0.1) is 0 Å². The minimum absolute atomic E-state index is 0.810. The van der Waals surface area contributed by atoms with E-state index < -0.39 is 0 Å². The lowest BCUT2D eigenvalue weighted by Gasteiger charge is -1.90. The number of hydrogen-bond donors (Lipinski definition) is 0. The molecule has 0 unspecified atom stereocenters. The fourth-order valence-corrected chi connectivity index (χ4v) is 0.939. The van der Waals surface area contributed by atoms with Crippen LogP contribution in [-0.4, -0.2) is 6.29 Å². The summed E-state index contributed by atoms with van der Waals surface area (Å²) in [5, 5.41) is 0. The van der Waals surface area contributed by atoms with Crippen molar-refractivity contribution >= 4 is 6.29 Å². The Bertz CT molecular complexity index is 145. The van der Waals surface area contributed by atoms with E-state index in [2.05, 4.69) is 19.1 Å². The van der Waals surface area contributed by atoms with Gasteiger partial charge in [-0.15, -0.1) is 0 Å². The van der Waals surface area contributed by atoms with Crippen molar-refractivity contribution in [2.24, 2.45) is 0 Å². The molecule has 0 aromatic carbocycles. The summed E-state index contributed by atoms with van der Waals surface area (Å²) in [4.78, 5) is 9.87. The quantitative estimate of drug-likeness (QED) is 0.245. The highest BCUT2D eigenvalue weighted by Gasteiger charge is 1.80. The zero-order valence-electron chi connectivity index (χ0n) is 7.83. The third-order valence-corrected chi connectivity index (χ3v) is 1.63. The molecular weight excluding hydrogens is 148 g/mol. The minimum atomic E-state index is 0.810. The molecule has 0 aliphatic heterocycles. The molecule has 0 radical (unpaired) electrons. The van der Waals surface area contributed by atoms with Crippen molar-refractivity contribution in [3.8, 4) is 0 Å². The van der Waals surface area contributed by atoms with Crippen LogP contribution in [-0.2, 0) is 4.79 Å². The molecule has 0 aliphatic rings. The van der Waals surface area contributed by atoms with Crippen LogP contribution in [0.15, 0.2) is 24.3 Å². The van der Waals surface area contributed by atoms with E-state index in [1.54, 1.807) is 0 Å². The maximum absolute atomic E-state index is 9.87. The molecular formula is C11H18O. The van der Waals surface area contributed by atoms with E-state index in [9.17, 15) is 4.79 Å². The Morgan fingerprint density at radius 1 is 1.08 bits per heavy atom. The molecule has 0 aliphatic carbocycles. The monoisotopic (exact) mass is 166 g/mol. The summed E-state index contributed by atoms with van der Waals surface area (Å²) in [5.74, 6) is 0. The van der Waals surface area contributed by atoms with Gasteiger partial charge in [0.15, 0.2) is 0 Å². The molecule has 0 amide bonds. The summed E-state index contributed by atoms with van der Waals surface area (Å²) in [6.07, 6.45) is 14.4. The Labute approximate surface area is 75.2 Å². The Morgan fingerprint density at radius 2 is 1.92 bits per heavy atom. The highest BCUT2D eigenvalue weighted by atomic mass is 16.1. The number of unbranched alkanes of at least 4 members (excludes halogenated alkanes) is 3. The molecule has 0 rings (SSSR count). The first kappa shape index (κ1) is 11.2. The average molecular weight is 166 g/mol. The predicted octanol–water partition coefficient (Wildman–Crippen LogP) is 3.27. The lowest BCUT2D eigenvalue weighted by Crippen LogP contribution is -1.70. The molecule has 0 atom stereocenters. The Balaban J connectivity index is 3.14. The highest BCUT2D eigenvalue weighted by molar-refractivity contribution is 5.64. The van der Waals surface area contributed by atoms with Gasteiger partial charge in [0.25, 0.3) is 0 Å². The molecule has 0 saturated heterocycles. The van der Waals surface area contributed by atoms with Crippen LogP contribution in [0.4, 0.5) is 0 Å². The third kappa shape index (κ3) is 9.15. The molecule has 0 aromatic heterocycles. The number of hydrogen-bond acceptors (Lipinski definition) is 1. The molecule has 0 spiro atoms. The lowest BCUT2D eigenvalue weighted by molar-refractivity contribution is -0.104. The fourth-order valence-electron chi connectivity index (χ4n) is 0.939. The van der Waals surface area contributed by atoms with Crippen molar-refractivity contribution in [1.82, 2.24) is 0 Å². The molecule has 0 fully saturated rings. The van der Waals surface area contributed by atoms with Crippen molar-refractivity contribution in [2.75, 3.05) is 0 Å². The van der Waals surface area contributed by atoms with Crippen molar-refractivity contribution in [2.45, 2.75) is 39.0 Å². The maximum atomic E-state index is 9.87. The second-order valence-electron chi connectivity index (χ2n) is 2.77. The van der Waals surface area contributed by atoms with Crippen LogP contribution >= 0.6 is 0 Å². The second kappa shape index (κ2) is 10.2. The van der Waals surface area contributed by atoms with Gasteiger partial charge in [-0.3, -0.25) is 4.79 Å². The second-order valence-corrected chi connectivity index (χ2v) is 2.77. The normalized spacial score (nSPS) is 11.4. The number of carbonyl (C=O) groups excluding carboxylic acids is 1. The first-order valence-electron chi connectivity index (χ1n) is 4.67. The van der Waals surface area contributed by atoms with E-state index >= 15 is 0 Å². The van der Waals surface area contributed by atoms with Gasteiger partial charge in [-0.1, -0.05) is 38.0 Å². The lowest BCUT2D eigenvalue weighted by atomic mass is 10.2. The van der Waals surface area contributed by atoms with Crippen LogP contribution in [0.5, 0.6) is 0 Å². The smallest absolute Gasteiger partial charge is 0.142 e. The third-order valence-electron chi connectivity index (χ3n) is 1.63. The van der Waals surface area contributed by atoms with E-state index in [0.717, 1.165) is 12.7 Å². The highest BCUT2D eigenvalue weighted by Crippen LogP contribution is 2.00. The molecule has 0 heterocycles. The molecule has 0 bridgehead atoms. The number of allylic oxidation sites excluding steroid dienone is 4. The van der Waals surface area contributed by atoms with Gasteiger partial charge in [-0.05, 0) is 25.3 Å². The van der Waals surface area contributed by atoms with E-state index in [1.165, 1.54) is 31.8 Å². The average Bonchev–Trinajstić information content (AvgIpc) is 2.10. The topological polar surface area (TPSA) is 17.1 Å². The van der Waals surface area contributed by atoms with Crippen LogP contribution in [0.1, 0.15) is 39.0 Å². The molecule has 0 N–H and O–H groups in total. The summed E-state index contributed by atoms with van der Waals surface area (Å²) in [7, 11) is 0. The minimum Gasteiger partial charge on any atom is -0.299 e. The summed E-state index contributed by atoms with van der Waals surface area (Å²) in [5.41, 5.74) is 0. The van der Waals surface area contributed by atoms with Crippen LogP contribution in [0.3, 0.4) is 0 Å². The van der Waals surface area contributed by atoms with E-state index in [0.29, 0.717) is 0 Å². The summed E-state index contributed by atoms with van der Waals surface area (Å²) < 4.78 is 0. The van der Waals surface area contributed by atoms with Crippen LogP contribution in [0.25, 0.3) is 0 Å². The van der Waals surface area contributed by atoms with E-state index in [4.69, 9.17) is 0 Å². The van der Waals surface area contributed by atoms with Gasteiger partial charge < -0.3 is 0 Å². The van der Waals surface area contributed by atoms with Gasteiger partial charge in [0.05, 0.1) is 0 Å². The predicted molar refractivity (Wildman–Crippen MR) is 53.1 cm³/mol. The van der Waals surface area contributed by atoms with Gasteiger partial charge >= 0.3 is 0 Å². The molecule has 0 saturated carbocycles. The first-order valence-corrected chi connectivity index (χ1v) is 4.67. The van der Waals surface area contributed by atoms with Crippen LogP contribution < -0.4 is 0 Å².